The Labute approximate surface area is 122 Å². The van der Waals surface area contributed by atoms with Crippen LogP contribution in [0.2, 0.25) is 0 Å². The highest BCUT2D eigenvalue weighted by molar-refractivity contribution is 6.05. The number of unbranched alkanes of at least 4 members (excludes halogenated alkanes) is 2. The Hall–Kier alpha value is -1.89. The molecule has 7 heteroatoms. The van der Waals surface area contributed by atoms with E-state index in [9.17, 15) is 19.5 Å². The van der Waals surface area contributed by atoms with E-state index in [4.69, 9.17) is 14.2 Å². The van der Waals surface area contributed by atoms with E-state index < -0.39 is 23.5 Å². The van der Waals surface area contributed by atoms with Crippen molar-refractivity contribution in [3.05, 3.63) is 12.7 Å². The third kappa shape index (κ3) is 4.86. The average Bonchev–Trinajstić information content (AvgIpc) is 3.27. The van der Waals surface area contributed by atoms with Crippen molar-refractivity contribution in [3.8, 4) is 0 Å². The number of hydrogen-bond donors (Lipinski definition) is 1. The number of carboxylic acid groups (broad SMARTS) is 1. The zero-order chi connectivity index (χ0) is 15.9. The Bertz CT molecular complexity index is 414. The minimum Gasteiger partial charge on any atom is -0.478 e. The summed E-state index contributed by atoms with van der Waals surface area (Å²) in [6.07, 6.45) is 2.43. The molecule has 0 radical (unpaired) electrons. The van der Waals surface area contributed by atoms with E-state index in [1.807, 2.05) is 6.92 Å². The zero-order valence-electron chi connectivity index (χ0n) is 12.0. The molecule has 0 spiro atoms. The third-order valence-electron chi connectivity index (χ3n) is 3.05. The van der Waals surface area contributed by atoms with E-state index in [-0.39, 0.29) is 19.1 Å². The Morgan fingerprint density at radius 1 is 1.43 bits per heavy atom. The van der Waals surface area contributed by atoms with Gasteiger partial charge in [0.15, 0.2) is 0 Å². The van der Waals surface area contributed by atoms with E-state index in [0.717, 1.165) is 12.5 Å². The van der Waals surface area contributed by atoms with Gasteiger partial charge in [-0.3, -0.25) is 0 Å². The maximum atomic E-state index is 12.1. The van der Waals surface area contributed by atoms with Crippen molar-refractivity contribution in [2.24, 2.45) is 0 Å². The molecule has 0 saturated carbocycles. The van der Waals surface area contributed by atoms with Crippen LogP contribution in [0.4, 0.5) is 0 Å². The lowest BCUT2D eigenvalue weighted by atomic mass is 9.95. The van der Waals surface area contributed by atoms with Gasteiger partial charge >= 0.3 is 23.5 Å². The van der Waals surface area contributed by atoms with Crippen LogP contribution in [0.5, 0.6) is 0 Å². The second-order valence-electron chi connectivity index (χ2n) is 4.77. The molecule has 2 unspecified atom stereocenters. The van der Waals surface area contributed by atoms with Gasteiger partial charge in [0, 0.05) is 12.5 Å². The van der Waals surface area contributed by atoms with Gasteiger partial charge in [0.1, 0.15) is 12.7 Å². The normalized spacial score (nSPS) is 19.2. The number of hydrogen-bond acceptors (Lipinski definition) is 6. The molecule has 1 aliphatic rings. The van der Waals surface area contributed by atoms with Crippen molar-refractivity contribution in [1.82, 2.24) is 0 Å². The quantitative estimate of drug-likeness (QED) is 0.211. The Morgan fingerprint density at radius 3 is 2.57 bits per heavy atom. The fourth-order valence-electron chi connectivity index (χ4n) is 1.72. The van der Waals surface area contributed by atoms with Crippen LogP contribution in [0, 0.1) is 0 Å². The zero-order valence-corrected chi connectivity index (χ0v) is 12.0. The lowest BCUT2D eigenvalue weighted by molar-refractivity contribution is -0.193. The van der Waals surface area contributed by atoms with Crippen molar-refractivity contribution < 1.29 is 33.7 Å². The first-order valence-corrected chi connectivity index (χ1v) is 6.84. The molecule has 1 rings (SSSR count). The van der Waals surface area contributed by atoms with E-state index in [1.165, 1.54) is 0 Å². The van der Waals surface area contributed by atoms with E-state index in [1.54, 1.807) is 0 Å². The summed E-state index contributed by atoms with van der Waals surface area (Å²) in [4.78, 5) is 35.0. The molecular weight excluding hydrogens is 280 g/mol. The first-order valence-electron chi connectivity index (χ1n) is 6.84. The van der Waals surface area contributed by atoms with Crippen LogP contribution in [0.3, 0.4) is 0 Å². The monoisotopic (exact) mass is 300 g/mol. The third-order valence-corrected chi connectivity index (χ3v) is 3.05. The number of aliphatic carboxylic acids is 1. The second kappa shape index (κ2) is 7.78. The lowest BCUT2D eigenvalue weighted by Gasteiger charge is -2.26. The molecule has 1 heterocycles. The predicted molar refractivity (Wildman–Crippen MR) is 71.5 cm³/mol. The summed E-state index contributed by atoms with van der Waals surface area (Å²) in [5, 5.41) is 9.38. The van der Waals surface area contributed by atoms with Crippen molar-refractivity contribution in [2.75, 3.05) is 13.2 Å². The van der Waals surface area contributed by atoms with Crippen LogP contribution >= 0.6 is 0 Å². The molecule has 1 N–H and O–H groups in total. The largest absolute Gasteiger partial charge is 0.478 e. The first kappa shape index (κ1) is 17.2. The molecular formula is C14H20O7. The smallest absolute Gasteiger partial charge is 0.362 e. The van der Waals surface area contributed by atoms with Gasteiger partial charge < -0.3 is 19.3 Å². The predicted octanol–water partition coefficient (Wildman–Crippen LogP) is 1.06. The maximum absolute atomic E-state index is 12.1. The Kier molecular flexibility index (Phi) is 6.36. The lowest BCUT2D eigenvalue weighted by Crippen LogP contribution is -2.51. The van der Waals surface area contributed by atoms with Gasteiger partial charge in [-0.1, -0.05) is 26.3 Å². The average molecular weight is 300 g/mol. The fraction of sp³-hybridized carbons (Fsp3) is 0.643. The van der Waals surface area contributed by atoms with Crippen molar-refractivity contribution in [2.45, 2.75) is 44.3 Å². The van der Waals surface area contributed by atoms with Gasteiger partial charge in [-0.05, 0) is 6.42 Å². The summed E-state index contributed by atoms with van der Waals surface area (Å²) in [5.41, 5.74) is -2.32. The number of rotatable bonds is 10. The molecule has 1 saturated heterocycles. The van der Waals surface area contributed by atoms with Crippen LogP contribution in [0.1, 0.15) is 32.6 Å². The Morgan fingerprint density at radius 2 is 2.10 bits per heavy atom. The number of carboxylic acids is 1. The van der Waals surface area contributed by atoms with E-state index in [2.05, 4.69) is 6.58 Å². The minimum absolute atomic E-state index is 0.0483. The SMILES string of the molecule is C=CC(=O)OC(CCCCC)(C(=O)O)C(=O)OCC1CO1. The van der Waals surface area contributed by atoms with Crippen LogP contribution in [-0.4, -0.2) is 47.9 Å². The minimum atomic E-state index is -2.32. The van der Waals surface area contributed by atoms with Gasteiger partial charge in [0.05, 0.1) is 6.61 Å². The fourth-order valence-corrected chi connectivity index (χ4v) is 1.72. The van der Waals surface area contributed by atoms with Gasteiger partial charge in [0.25, 0.3) is 0 Å². The summed E-state index contributed by atoms with van der Waals surface area (Å²) < 4.78 is 14.6. The van der Waals surface area contributed by atoms with Crippen molar-refractivity contribution in [1.29, 1.82) is 0 Å². The Balaban J connectivity index is 2.84. The molecule has 0 aromatic carbocycles. The van der Waals surface area contributed by atoms with Gasteiger partial charge in [-0.2, -0.15) is 0 Å². The molecule has 0 aliphatic carbocycles. The van der Waals surface area contributed by atoms with Gasteiger partial charge in [0.2, 0.25) is 0 Å². The van der Waals surface area contributed by atoms with Gasteiger partial charge in [-0.15, -0.1) is 0 Å². The molecule has 1 aliphatic heterocycles. The van der Waals surface area contributed by atoms with Crippen LogP contribution in [-0.2, 0) is 28.6 Å². The summed E-state index contributed by atoms with van der Waals surface area (Å²) in [6, 6.07) is 0. The molecule has 0 aromatic heterocycles. The highest BCUT2D eigenvalue weighted by atomic mass is 16.6. The summed E-state index contributed by atoms with van der Waals surface area (Å²) in [5.74, 6) is -3.61. The number of ether oxygens (including phenoxy) is 3. The summed E-state index contributed by atoms with van der Waals surface area (Å²) in [6.45, 7) is 5.56. The molecule has 0 amide bonds. The summed E-state index contributed by atoms with van der Waals surface area (Å²) in [7, 11) is 0. The highest BCUT2D eigenvalue weighted by Gasteiger charge is 2.51. The number of epoxide rings is 1. The van der Waals surface area contributed by atoms with E-state index in [0.29, 0.717) is 19.4 Å². The van der Waals surface area contributed by atoms with E-state index >= 15 is 0 Å². The van der Waals surface area contributed by atoms with Crippen LogP contribution < -0.4 is 0 Å². The standard InChI is InChI=1S/C14H20O7/c1-3-5-6-7-14(12(16)17,21-11(15)4-2)13(18)20-9-10-8-19-10/h4,10H,2-3,5-9H2,1H3,(H,16,17). The van der Waals surface area contributed by atoms with Crippen LogP contribution in [0.15, 0.2) is 12.7 Å². The topological polar surface area (TPSA) is 102 Å². The molecule has 7 nitrogen and oxygen atoms in total. The molecule has 0 aromatic rings. The van der Waals surface area contributed by atoms with Gasteiger partial charge in [-0.25, -0.2) is 14.4 Å². The summed E-state index contributed by atoms with van der Waals surface area (Å²) >= 11 is 0. The van der Waals surface area contributed by atoms with Crippen molar-refractivity contribution in [3.63, 3.8) is 0 Å². The molecule has 2 atom stereocenters. The first-order chi connectivity index (χ1) is 9.96. The highest BCUT2D eigenvalue weighted by Crippen LogP contribution is 2.24. The maximum Gasteiger partial charge on any atom is 0.362 e. The number of carbonyl (C=O) groups excluding carboxylic acids is 2. The molecule has 1 fully saturated rings. The second-order valence-corrected chi connectivity index (χ2v) is 4.77. The molecule has 21 heavy (non-hydrogen) atoms. The molecule has 0 bridgehead atoms. The molecule has 118 valence electrons. The van der Waals surface area contributed by atoms with Crippen molar-refractivity contribution >= 4 is 17.9 Å². The number of esters is 2. The number of carbonyl (C=O) groups is 3. The van der Waals surface area contributed by atoms with Crippen LogP contribution in [0.25, 0.3) is 0 Å².